The van der Waals surface area contributed by atoms with Crippen LogP contribution in [-0.2, 0) is 20.9 Å². The van der Waals surface area contributed by atoms with Crippen LogP contribution in [0, 0.1) is 11.3 Å². The summed E-state index contributed by atoms with van der Waals surface area (Å²) >= 11 is 0. The van der Waals surface area contributed by atoms with Crippen molar-refractivity contribution in [3.8, 4) is 11.8 Å². The van der Waals surface area contributed by atoms with E-state index in [0.29, 0.717) is 29.9 Å². The Kier molecular flexibility index (Phi) is 6.40. The Morgan fingerprint density at radius 3 is 2.59 bits per heavy atom. The van der Waals surface area contributed by atoms with Crippen molar-refractivity contribution in [2.24, 2.45) is 5.73 Å². The summed E-state index contributed by atoms with van der Waals surface area (Å²) in [5.74, 6) is -0.0890. The number of nitrogens with two attached hydrogens (primary N) is 1. The molecule has 1 aliphatic rings. The van der Waals surface area contributed by atoms with E-state index in [2.05, 4.69) is 5.32 Å². The third-order valence-corrected chi connectivity index (χ3v) is 4.21. The highest BCUT2D eigenvalue weighted by molar-refractivity contribution is 5.88. The van der Waals surface area contributed by atoms with Crippen LogP contribution in [0.5, 0.6) is 5.75 Å². The lowest BCUT2D eigenvalue weighted by atomic mass is 9.99. The first-order chi connectivity index (χ1) is 14.1. The smallest absolute Gasteiger partial charge is 0.243 e. The Morgan fingerprint density at radius 2 is 1.90 bits per heavy atom. The Labute approximate surface area is 168 Å². The molecule has 0 fully saturated rings. The fraction of sp³-hybridized carbons (Fsp3) is 0.136. The predicted octanol–water partition coefficient (Wildman–Crippen LogP) is 2.06. The summed E-state index contributed by atoms with van der Waals surface area (Å²) in [6, 6.07) is 19.0. The van der Waals surface area contributed by atoms with Gasteiger partial charge in [-0.1, -0.05) is 42.5 Å². The van der Waals surface area contributed by atoms with Gasteiger partial charge in [0.15, 0.2) is 12.5 Å². The summed E-state index contributed by atoms with van der Waals surface area (Å²) in [5, 5.41) is 12.4. The minimum absolute atomic E-state index is 0.0766. The Morgan fingerprint density at radius 1 is 1.17 bits per heavy atom. The number of hydrogen-bond donors (Lipinski definition) is 2. The number of benzene rings is 2. The highest BCUT2D eigenvalue weighted by Gasteiger charge is 2.26. The minimum atomic E-state index is -0.977. The molecule has 0 radical (unpaired) electrons. The van der Waals surface area contributed by atoms with E-state index in [-0.39, 0.29) is 11.1 Å². The van der Waals surface area contributed by atoms with Gasteiger partial charge in [0.05, 0.1) is 5.57 Å². The van der Waals surface area contributed by atoms with E-state index < -0.39 is 18.7 Å². The number of nitrogens with one attached hydrogen (secondary N) is 1. The molecule has 0 bridgehead atoms. The van der Waals surface area contributed by atoms with Crippen LogP contribution in [0.25, 0.3) is 5.70 Å². The van der Waals surface area contributed by atoms with Crippen molar-refractivity contribution >= 4 is 17.9 Å². The van der Waals surface area contributed by atoms with Gasteiger partial charge >= 0.3 is 0 Å². The molecule has 2 aromatic rings. The van der Waals surface area contributed by atoms with Crippen molar-refractivity contribution in [3.05, 3.63) is 82.9 Å². The molecule has 7 nitrogen and oxygen atoms in total. The topological polar surface area (TPSA) is 114 Å². The molecule has 2 aromatic carbocycles. The summed E-state index contributed by atoms with van der Waals surface area (Å²) < 4.78 is 11.4. The van der Waals surface area contributed by atoms with Crippen molar-refractivity contribution in [1.29, 1.82) is 5.26 Å². The molecule has 0 spiro atoms. The molecule has 1 amide bonds. The fourth-order valence-corrected chi connectivity index (χ4v) is 2.86. The predicted molar refractivity (Wildman–Crippen MR) is 106 cm³/mol. The van der Waals surface area contributed by atoms with Crippen molar-refractivity contribution < 1.29 is 19.1 Å². The van der Waals surface area contributed by atoms with Gasteiger partial charge in [-0.2, -0.15) is 5.26 Å². The third-order valence-electron chi connectivity index (χ3n) is 4.21. The highest BCUT2D eigenvalue weighted by Crippen LogP contribution is 2.30. The maximum absolute atomic E-state index is 11.5. The lowest BCUT2D eigenvalue weighted by Gasteiger charge is -2.26. The van der Waals surface area contributed by atoms with Crippen molar-refractivity contribution in [1.82, 2.24) is 5.32 Å². The molecule has 1 atom stereocenters. The maximum Gasteiger partial charge on any atom is 0.243 e. The van der Waals surface area contributed by atoms with E-state index in [0.717, 1.165) is 5.56 Å². The van der Waals surface area contributed by atoms with Gasteiger partial charge in [-0.05, 0) is 23.8 Å². The largest absolute Gasteiger partial charge is 0.488 e. The number of amides is 1. The SMILES string of the molecule is N#CC1=C(C=O)C=C(c2ccccc2OCc2ccccc2)NC1OCC(N)=O. The lowest BCUT2D eigenvalue weighted by molar-refractivity contribution is -0.124. The van der Waals surface area contributed by atoms with Crippen molar-refractivity contribution in [2.45, 2.75) is 12.8 Å². The zero-order chi connectivity index (χ0) is 20.6. The molecule has 7 heteroatoms. The molecule has 29 heavy (non-hydrogen) atoms. The number of para-hydroxylation sites is 1. The van der Waals surface area contributed by atoms with Gasteiger partial charge < -0.3 is 20.5 Å². The molecular weight excluding hydrogens is 370 g/mol. The number of primary amides is 1. The third kappa shape index (κ3) is 4.89. The second kappa shape index (κ2) is 9.35. The molecule has 1 aliphatic heterocycles. The Bertz CT molecular complexity index is 1010. The Hall–Kier alpha value is -3.89. The van der Waals surface area contributed by atoms with E-state index in [1.807, 2.05) is 60.7 Å². The molecule has 3 rings (SSSR count). The Balaban J connectivity index is 1.90. The highest BCUT2D eigenvalue weighted by atomic mass is 16.5. The van der Waals surface area contributed by atoms with Gasteiger partial charge in [0, 0.05) is 16.8 Å². The average Bonchev–Trinajstić information content (AvgIpc) is 2.76. The van der Waals surface area contributed by atoms with Crippen LogP contribution in [0.2, 0.25) is 0 Å². The normalized spacial score (nSPS) is 15.7. The lowest BCUT2D eigenvalue weighted by Crippen LogP contribution is -2.38. The van der Waals surface area contributed by atoms with Crippen LogP contribution in [0.4, 0.5) is 0 Å². The van der Waals surface area contributed by atoms with Gasteiger partial charge in [-0.15, -0.1) is 0 Å². The number of aldehydes is 1. The quantitative estimate of drug-likeness (QED) is 0.668. The number of dihydropyridines is 1. The second-order valence-corrected chi connectivity index (χ2v) is 6.23. The molecule has 0 aromatic heterocycles. The van der Waals surface area contributed by atoms with Gasteiger partial charge in [-0.25, -0.2) is 0 Å². The molecule has 0 aliphatic carbocycles. The van der Waals surface area contributed by atoms with Gasteiger partial charge in [0.2, 0.25) is 5.91 Å². The van der Waals surface area contributed by atoms with Crippen LogP contribution in [0.15, 0.2) is 71.8 Å². The van der Waals surface area contributed by atoms with Crippen molar-refractivity contribution in [2.75, 3.05) is 6.61 Å². The molecule has 1 unspecified atom stereocenters. The van der Waals surface area contributed by atoms with Gasteiger partial charge in [-0.3, -0.25) is 9.59 Å². The van der Waals surface area contributed by atoms with Crippen LogP contribution in [0.1, 0.15) is 11.1 Å². The van der Waals surface area contributed by atoms with E-state index in [1.54, 1.807) is 6.08 Å². The van der Waals surface area contributed by atoms with E-state index in [4.69, 9.17) is 15.2 Å². The van der Waals surface area contributed by atoms with Crippen molar-refractivity contribution in [3.63, 3.8) is 0 Å². The molecule has 3 N–H and O–H groups in total. The number of ether oxygens (including phenoxy) is 2. The summed E-state index contributed by atoms with van der Waals surface area (Å²) in [5.41, 5.74) is 7.60. The molecular formula is C22H19N3O4. The summed E-state index contributed by atoms with van der Waals surface area (Å²) in [7, 11) is 0. The molecule has 0 saturated carbocycles. The van der Waals surface area contributed by atoms with E-state index >= 15 is 0 Å². The van der Waals surface area contributed by atoms with Gasteiger partial charge in [0.25, 0.3) is 0 Å². The number of rotatable bonds is 8. The van der Waals surface area contributed by atoms with Crippen LogP contribution in [0.3, 0.4) is 0 Å². The maximum atomic E-state index is 11.5. The minimum Gasteiger partial charge on any atom is -0.488 e. The fourth-order valence-electron chi connectivity index (χ4n) is 2.86. The first-order valence-corrected chi connectivity index (χ1v) is 8.86. The molecule has 1 heterocycles. The number of hydrogen-bond acceptors (Lipinski definition) is 6. The number of carbonyl (C=O) groups excluding carboxylic acids is 2. The first-order valence-electron chi connectivity index (χ1n) is 8.86. The monoisotopic (exact) mass is 389 g/mol. The first kappa shape index (κ1) is 19.9. The summed E-state index contributed by atoms with van der Waals surface area (Å²) in [4.78, 5) is 22.6. The second-order valence-electron chi connectivity index (χ2n) is 6.23. The summed E-state index contributed by atoms with van der Waals surface area (Å²) in [6.45, 7) is -0.0268. The summed E-state index contributed by atoms with van der Waals surface area (Å²) in [6.07, 6.45) is 1.16. The zero-order valence-corrected chi connectivity index (χ0v) is 15.5. The average molecular weight is 389 g/mol. The molecule has 146 valence electrons. The molecule has 0 saturated heterocycles. The van der Waals surface area contributed by atoms with Crippen LogP contribution in [-0.4, -0.2) is 25.0 Å². The van der Waals surface area contributed by atoms with E-state index in [9.17, 15) is 14.9 Å². The number of carbonyl (C=O) groups is 2. The van der Waals surface area contributed by atoms with Gasteiger partial charge in [0.1, 0.15) is 25.0 Å². The number of allylic oxidation sites excluding steroid dienone is 2. The van der Waals surface area contributed by atoms with Crippen LogP contribution < -0.4 is 15.8 Å². The number of nitrogens with zero attached hydrogens (tertiary/aromatic N) is 1. The standard InChI is InChI=1S/C22H19N3O4/c23-11-18-16(12-26)10-19(25-22(18)29-14-21(24)27)17-8-4-5-9-20(17)28-13-15-6-2-1-3-7-15/h1-10,12,22,25H,13-14H2,(H2,24,27). The van der Waals surface area contributed by atoms with Crippen LogP contribution >= 0.6 is 0 Å². The van der Waals surface area contributed by atoms with E-state index in [1.165, 1.54) is 0 Å². The zero-order valence-electron chi connectivity index (χ0n) is 15.5. The number of nitriles is 1.